The Bertz CT molecular complexity index is 1400. The van der Waals surface area contributed by atoms with Crippen molar-refractivity contribution >= 4 is 35.7 Å². The van der Waals surface area contributed by atoms with Crippen LogP contribution in [0, 0.1) is 0 Å². The van der Waals surface area contributed by atoms with Gasteiger partial charge in [-0.1, -0.05) is 84.9 Å². The second kappa shape index (κ2) is 12.6. The molecule has 0 radical (unpaired) electrons. The highest BCUT2D eigenvalue weighted by Gasteiger charge is 2.15. The molecule has 0 spiro atoms. The van der Waals surface area contributed by atoms with Crippen LogP contribution in [-0.4, -0.2) is 15.1 Å². The molecule has 0 amide bonds. The lowest BCUT2D eigenvalue weighted by molar-refractivity contribution is 0.167. The van der Waals surface area contributed by atoms with E-state index in [0.717, 1.165) is 50.1 Å². The van der Waals surface area contributed by atoms with Crippen molar-refractivity contribution in [3.63, 3.8) is 0 Å². The van der Waals surface area contributed by atoms with E-state index in [9.17, 15) is 5.11 Å². The molecular weight excluding hydrogens is 489 g/mol. The minimum absolute atomic E-state index is 0. The molecule has 5 aromatic rings. The van der Waals surface area contributed by atoms with E-state index < -0.39 is 6.10 Å². The summed E-state index contributed by atoms with van der Waals surface area (Å²) < 4.78 is 0. The van der Waals surface area contributed by atoms with Crippen molar-refractivity contribution in [2.24, 2.45) is 5.73 Å². The Labute approximate surface area is 224 Å². The number of fused-ring (bicyclic) bond motifs is 1. The maximum atomic E-state index is 10.7. The number of halogens is 2. The average Bonchev–Trinajstić information content (AvgIpc) is 2.92. The van der Waals surface area contributed by atoms with E-state index in [2.05, 4.69) is 47.4 Å². The summed E-state index contributed by atoms with van der Waals surface area (Å²) in [5.74, 6) is 0. The minimum atomic E-state index is -0.528. The molecule has 1 atom stereocenters. The summed E-state index contributed by atoms with van der Waals surface area (Å²) in [6.07, 6.45) is 2.54. The van der Waals surface area contributed by atoms with E-state index in [1.165, 1.54) is 0 Å². The maximum absolute atomic E-state index is 10.7. The predicted molar refractivity (Wildman–Crippen MR) is 153 cm³/mol. The monoisotopic (exact) mass is 517 g/mol. The third kappa shape index (κ3) is 5.92. The first-order valence-corrected chi connectivity index (χ1v) is 11.6. The van der Waals surface area contributed by atoms with Crippen molar-refractivity contribution in [1.82, 2.24) is 9.97 Å². The van der Waals surface area contributed by atoms with E-state index in [-0.39, 0.29) is 24.8 Å². The highest BCUT2D eigenvalue weighted by molar-refractivity contribution is 5.92. The number of aliphatic hydroxyl groups excluding tert-OH is 1. The van der Waals surface area contributed by atoms with Gasteiger partial charge in [0.2, 0.25) is 0 Å². The first-order valence-electron chi connectivity index (χ1n) is 11.6. The Balaban J connectivity index is 0.00000180. The number of rotatable bonds is 7. The van der Waals surface area contributed by atoms with Gasteiger partial charge in [-0.3, -0.25) is 4.98 Å². The van der Waals surface area contributed by atoms with Crippen LogP contribution in [0.2, 0.25) is 0 Å². The lowest BCUT2D eigenvalue weighted by Crippen LogP contribution is -2.02. The lowest BCUT2D eigenvalue weighted by atomic mass is 9.95. The molecule has 4 nitrogen and oxygen atoms in total. The number of aryl methyl sites for hydroxylation is 1. The molecule has 0 fully saturated rings. The first-order chi connectivity index (χ1) is 16.7. The van der Waals surface area contributed by atoms with E-state index in [4.69, 9.17) is 10.7 Å². The molecule has 0 bridgehead atoms. The Kier molecular flexibility index (Phi) is 9.57. The van der Waals surface area contributed by atoms with Gasteiger partial charge in [0, 0.05) is 34.9 Å². The molecule has 2 heterocycles. The summed E-state index contributed by atoms with van der Waals surface area (Å²) >= 11 is 0. The van der Waals surface area contributed by atoms with E-state index >= 15 is 0 Å². The Morgan fingerprint density at radius 3 is 2.11 bits per heavy atom. The van der Waals surface area contributed by atoms with Crippen LogP contribution in [0.15, 0.2) is 103 Å². The number of aliphatic hydroxyl groups is 1. The molecular formula is C30H29Cl2N3O. The minimum Gasteiger partial charge on any atom is -0.388 e. The van der Waals surface area contributed by atoms with Crippen LogP contribution in [0.25, 0.3) is 33.3 Å². The van der Waals surface area contributed by atoms with E-state index in [0.29, 0.717) is 19.4 Å². The molecule has 0 saturated heterocycles. The zero-order valence-corrected chi connectivity index (χ0v) is 21.4. The standard InChI is InChI=1S/C30H27N3O.2ClH/c31-20-21-11-13-24(14-12-21)30-25(22-7-3-1-4-8-22)19-26-27(32-18-17-28(26)33-30)15-16-29(34)23-9-5-2-6-10-23;;/h1-14,17-19,29,34H,15-16,20,31H2;2*1H. The fourth-order valence-corrected chi connectivity index (χ4v) is 4.32. The number of hydrogen-bond donors (Lipinski definition) is 2. The number of nitrogens with zero attached hydrogens (tertiary/aromatic N) is 2. The third-order valence-electron chi connectivity index (χ3n) is 6.21. The van der Waals surface area contributed by atoms with Gasteiger partial charge in [-0.25, -0.2) is 4.98 Å². The summed E-state index contributed by atoms with van der Waals surface area (Å²) in [5.41, 5.74) is 13.8. The zero-order chi connectivity index (χ0) is 23.3. The zero-order valence-electron chi connectivity index (χ0n) is 19.7. The van der Waals surface area contributed by atoms with Crippen LogP contribution >= 0.6 is 24.8 Å². The van der Waals surface area contributed by atoms with Crippen LogP contribution in [-0.2, 0) is 13.0 Å². The molecule has 5 rings (SSSR count). The number of pyridine rings is 2. The van der Waals surface area contributed by atoms with Crippen molar-refractivity contribution in [2.45, 2.75) is 25.5 Å². The number of nitrogens with two attached hydrogens (primary N) is 1. The van der Waals surface area contributed by atoms with Crippen molar-refractivity contribution < 1.29 is 5.11 Å². The Morgan fingerprint density at radius 1 is 0.778 bits per heavy atom. The molecule has 0 aliphatic heterocycles. The largest absolute Gasteiger partial charge is 0.388 e. The summed E-state index contributed by atoms with van der Waals surface area (Å²) in [7, 11) is 0. The van der Waals surface area contributed by atoms with Crippen LogP contribution in [0.5, 0.6) is 0 Å². The van der Waals surface area contributed by atoms with Crippen LogP contribution in [0.4, 0.5) is 0 Å². The van der Waals surface area contributed by atoms with E-state index in [1.807, 2.05) is 60.8 Å². The van der Waals surface area contributed by atoms with Gasteiger partial charge in [-0.05, 0) is 41.7 Å². The second-order valence-corrected chi connectivity index (χ2v) is 8.44. The Morgan fingerprint density at radius 2 is 1.44 bits per heavy atom. The molecule has 36 heavy (non-hydrogen) atoms. The predicted octanol–water partition coefficient (Wildman–Crippen LogP) is 6.93. The van der Waals surface area contributed by atoms with Gasteiger partial charge in [0.15, 0.2) is 0 Å². The average molecular weight is 518 g/mol. The second-order valence-electron chi connectivity index (χ2n) is 8.44. The quantitative estimate of drug-likeness (QED) is 0.245. The van der Waals surface area contributed by atoms with Gasteiger partial charge in [0.1, 0.15) is 0 Å². The molecule has 2 aromatic heterocycles. The van der Waals surface area contributed by atoms with Crippen molar-refractivity contribution in [3.8, 4) is 22.4 Å². The molecule has 6 heteroatoms. The van der Waals surface area contributed by atoms with Gasteiger partial charge < -0.3 is 10.8 Å². The van der Waals surface area contributed by atoms with Crippen LogP contribution < -0.4 is 5.73 Å². The van der Waals surface area contributed by atoms with Gasteiger partial charge in [0.25, 0.3) is 0 Å². The maximum Gasteiger partial charge on any atom is 0.0793 e. The molecule has 0 saturated carbocycles. The summed E-state index contributed by atoms with van der Waals surface area (Å²) in [6, 6.07) is 32.5. The molecule has 1 unspecified atom stereocenters. The Hall–Kier alpha value is -3.28. The topological polar surface area (TPSA) is 72.0 Å². The van der Waals surface area contributed by atoms with Gasteiger partial charge in [-0.2, -0.15) is 0 Å². The number of benzene rings is 3. The number of aromatic nitrogens is 2. The van der Waals surface area contributed by atoms with Crippen molar-refractivity contribution in [1.29, 1.82) is 0 Å². The molecule has 0 aliphatic carbocycles. The third-order valence-corrected chi connectivity index (χ3v) is 6.21. The summed E-state index contributed by atoms with van der Waals surface area (Å²) in [6.45, 7) is 0.515. The summed E-state index contributed by atoms with van der Waals surface area (Å²) in [4.78, 5) is 9.76. The lowest BCUT2D eigenvalue weighted by Gasteiger charge is -2.15. The van der Waals surface area contributed by atoms with Crippen molar-refractivity contribution in [2.75, 3.05) is 0 Å². The van der Waals surface area contributed by atoms with Gasteiger partial charge >= 0.3 is 0 Å². The first kappa shape index (κ1) is 27.3. The highest BCUT2D eigenvalue weighted by Crippen LogP contribution is 2.34. The summed E-state index contributed by atoms with van der Waals surface area (Å²) in [5, 5.41) is 11.7. The highest BCUT2D eigenvalue weighted by atomic mass is 35.5. The van der Waals surface area contributed by atoms with Crippen LogP contribution in [0.3, 0.4) is 0 Å². The molecule has 3 N–H and O–H groups in total. The van der Waals surface area contributed by atoms with Gasteiger partial charge in [-0.15, -0.1) is 24.8 Å². The normalized spacial score (nSPS) is 11.4. The van der Waals surface area contributed by atoms with E-state index in [1.54, 1.807) is 0 Å². The fraction of sp³-hybridized carbons (Fsp3) is 0.133. The number of hydrogen-bond acceptors (Lipinski definition) is 4. The molecule has 184 valence electrons. The van der Waals surface area contributed by atoms with Crippen LogP contribution in [0.1, 0.15) is 29.3 Å². The smallest absolute Gasteiger partial charge is 0.0793 e. The molecule has 3 aromatic carbocycles. The van der Waals surface area contributed by atoms with Gasteiger partial charge in [0.05, 0.1) is 17.3 Å². The van der Waals surface area contributed by atoms with Crippen molar-refractivity contribution in [3.05, 3.63) is 120 Å². The fourth-order valence-electron chi connectivity index (χ4n) is 4.32. The molecule has 0 aliphatic rings. The SMILES string of the molecule is Cl.Cl.NCc1ccc(-c2nc3ccnc(CCC(O)c4ccccc4)c3cc2-c2ccccc2)cc1.